The number of piperidine rings is 1. The second-order valence-electron chi connectivity index (χ2n) is 8.41. The molecule has 8 heteroatoms. The van der Waals surface area contributed by atoms with Gasteiger partial charge in [0.15, 0.2) is 0 Å². The molecule has 2 aliphatic rings. The lowest BCUT2D eigenvalue weighted by Crippen LogP contribution is -2.51. The van der Waals surface area contributed by atoms with Crippen molar-refractivity contribution in [2.24, 2.45) is 0 Å². The topological polar surface area (TPSA) is 72.8 Å². The first-order chi connectivity index (χ1) is 15.4. The molecule has 0 saturated carbocycles. The quantitative estimate of drug-likeness (QED) is 0.649. The molecule has 2 aromatic carbocycles. The summed E-state index contributed by atoms with van der Waals surface area (Å²) in [5.74, 6) is 0.803. The number of ether oxygens (including phenoxy) is 2. The molecule has 0 bridgehead atoms. The van der Waals surface area contributed by atoms with Gasteiger partial charge >= 0.3 is 0 Å². The predicted molar refractivity (Wildman–Crippen MR) is 123 cm³/mol. The van der Waals surface area contributed by atoms with Crippen LogP contribution in [0.2, 0.25) is 0 Å². The van der Waals surface area contributed by atoms with Gasteiger partial charge in [-0.25, -0.2) is 8.42 Å². The predicted octanol–water partition coefficient (Wildman–Crippen LogP) is 3.91. The highest BCUT2D eigenvalue weighted by Gasteiger charge is 2.44. The maximum absolute atomic E-state index is 13.5. The van der Waals surface area contributed by atoms with E-state index in [4.69, 9.17) is 9.47 Å². The molecule has 1 N–H and O–H groups in total. The number of benzene rings is 2. The Kier molecular flexibility index (Phi) is 4.94. The largest absolute Gasteiger partial charge is 0.497 e. The van der Waals surface area contributed by atoms with Crippen LogP contribution in [-0.2, 0) is 15.6 Å². The highest BCUT2D eigenvalue weighted by molar-refractivity contribution is 7.89. The summed E-state index contributed by atoms with van der Waals surface area (Å²) in [7, 11) is -0.732. The zero-order chi connectivity index (χ0) is 22.5. The lowest BCUT2D eigenvalue weighted by atomic mass is 9.83. The maximum Gasteiger partial charge on any atom is 0.246 e. The highest BCUT2D eigenvalue weighted by atomic mass is 32.2. The first kappa shape index (κ1) is 20.9. The number of aryl methyl sites for hydroxylation is 1. The Labute approximate surface area is 188 Å². The second-order valence-corrected chi connectivity index (χ2v) is 10.3. The number of hydrogen-bond acceptors (Lipinski definition) is 5. The fourth-order valence-electron chi connectivity index (χ4n) is 4.88. The molecular formula is C24H27N3O4S. The summed E-state index contributed by atoms with van der Waals surface area (Å²) >= 11 is 0. The molecule has 0 aliphatic carbocycles. The number of sulfonamides is 1. The van der Waals surface area contributed by atoms with E-state index in [0.717, 1.165) is 11.4 Å². The Balaban J connectivity index is 1.46. The van der Waals surface area contributed by atoms with Crippen molar-refractivity contribution in [3.8, 4) is 17.2 Å². The van der Waals surface area contributed by atoms with Crippen LogP contribution in [0, 0.1) is 6.92 Å². The number of hydrogen-bond donors (Lipinski definition) is 1. The third-order valence-electron chi connectivity index (χ3n) is 6.59. The van der Waals surface area contributed by atoms with Crippen LogP contribution in [0.25, 0.3) is 5.69 Å². The molecule has 0 atom stereocenters. The van der Waals surface area contributed by atoms with Crippen molar-refractivity contribution in [1.29, 1.82) is 0 Å². The Morgan fingerprint density at radius 1 is 1.00 bits per heavy atom. The van der Waals surface area contributed by atoms with Crippen LogP contribution < -0.4 is 14.8 Å². The summed E-state index contributed by atoms with van der Waals surface area (Å²) in [6, 6.07) is 15.4. The molecule has 168 valence electrons. The minimum Gasteiger partial charge on any atom is -0.497 e. The average molecular weight is 454 g/mol. The summed E-state index contributed by atoms with van der Waals surface area (Å²) in [6.07, 6.45) is 3.40. The third-order valence-corrected chi connectivity index (χ3v) is 8.51. The minimum absolute atomic E-state index is 0.135. The third kappa shape index (κ3) is 3.17. The normalized spacial score (nSPS) is 17.3. The van der Waals surface area contributed by atoms with Gasteiger partial charge in [0.2, 0.25) is 10.0 Å². The van der Waals surface area contributed by atoms with E-state index in [1.165, 1.54) is 31.5 Å². The van der Waals surface area contributed by atoms with Crippen molar-refractivity contribution < 1.29 is 17.9 Å². The van der Waals surface area contributed by atoms with E-state index in [0.29, 0.717) is 37.4 Å². The van der Waals surface area contributed by atoms with E-state index >= 15 is 0 Å². The van der Waals surface area contributed by atoms with Crippen molar-refractivity contribution >= 4 is 15.7 Å². The van der Waals surface area contributed by atoms with Gasteiger partial charge in [0.1, 0.15) is 16.4 Å². The molecule has 32 heavy (non-hydrogen) atoms. The van der Waals surface area contributed by atoms with Gasteiger partial charge in [-0.3, -0.25) is 0 Å². The van der Waals surface area contributed by atoms with E-state index in [1.54, 1.807) is 16.4 Å². The van der Waals surface area contributed by atoms with Crippen LogP contribution in [0.5, 0.6) is 11.5 Å². The van der Waals surface area contributed by atoms with Gasteiger partial charge in [0.25, 0.3) is 0 Å². The summed E-state index contributed by atoms with van der Waals surface area (Å²) in [4.78, 5) is 0.135. The van der Waals surface area contributed by atoms with Crippen LogP contribution in [0.1, 0.15) is 24.1 Å². The molecule has 1 fully saturated rings. The van der Waals surface area contributed by atoms with Crippen LogP contribution >= 0.6 is 0 Å². The van der Waals surface area contributed by atoms with Gasteiger partial charge in [0, 0.05) is 31.0 Å². The van der Waals surface area contributed by atoms with E-state index in [1.807, 2.05) is 0 Å². The number of nitrogens with one attached hydrogen (secondary N) is 1. The summed E-state index contributed by atoms with van der Waals surface area (Å²) in [5.41, 5.74) is 4.25. The minimum atomic E-state index is -3.73. The van der Waals surface area contributed by atoms with Gasteiger partial charge in [-0.2, -0.15) is 4.31 Å². The van der Waals surface area contributed by atoms with E-state index in [2.05, 4.69) is 53.3 Å². The molecule has 1 saturated heterocycles. The highest BCUT2D eigenvalue weighted by Crippen LogP contribution is 2.44. The van der Waals surface area contributed by atoms with Gasteiger partial charge in [-0.15, -0.1) is 0 Å². The van der Waals surface area contributed by atoms with Gasteiger partial charge in [0.05, 0.1) is 31.1 Å². The Morgan fingerprint density at radius 3 is 2.50 bits per heavy atom. The Bertz CT molecular complexity index is 1270. The number of anilines is 1. The molecule has 7 nitrogen and oxygen atoms in total. The number of nitrogens with zero attached hydrogens (tertiary/aromatic N) is 2. The van der Waals surface area contributed by atoms with Crippen molar-refractivity contribution in [1.82, 2.24) is 8.87 Å². The zero-order valence-electron chi connectivity index (χ0n) is 18.5. The van der Waals surface area contributed by atoms with Crippen molar-refractivity contribution in [3.05, 3.63) is 66.0 Å². The van der Waals surface area contributed by atoms with Gasteiger partial charge < -0.3 is 19.4 Å². The average Bonchev–Trinajstić information content (AvgIpc) is 3.30. The van der Waals surface area contributed by atoms with Crippen LogP contribution in [0.15, 0.2) is 59.6 Å². The van der Waals surface area contributed by atoms with Crippen LogP contribution in [0.4, 0.5) is 5.69 Å². The second kappa shape index (κ2) is 7.56. The smallest absolute Gasteiger partial charge is 0.246 e. The SMILES string of the molecule is COc1ccc(OC)c(S(=O)(=O)N2CCC3(CC2)Nc2cc(C)ccc2-n2cccc23)c1. The first-order valence-electron chi connectivity index (χ1n) is 10.7. The molecular weight excluding hydrogens is 426 g/mol. The summed E-state index contributed by atoms with van der Waals surface area (Å²) in [6.45, 7) is 2.89. The number of methoxy groups -OCH3 is 2. The molecule has 2 aliphatic heterocycles. The lowest BCUT2D eigenvalue weighted by molar-refractivity contribution is 0.247. The first-order valence-corrected chi connectivity index (χ1v) is 12.1. The van der Waals surface area contributed by atoms with E-state index in [-0.39, 0.29) is 10.4 Å². The Hall–Kier alpha value is -2.97. The molecule has 1 aromatic heterocycles. The molecule has 1 spiro atoms. The Morgan fingerprint density at radius 2 is 1.78 bits per heavy atom. The number of aromatic nitrogens is 1. The monoisotopic (exact) mass is 453 g/mol. The fraction of sp³-hybridized carbons (Fsp3) is 0.333. The molecule has 0 unspecified atom stereocenters. The fourth-order valence-corrected chi connectivity index (χ4v) is 6.49. The van der Waals surface area contributed by atoms with E-state index in [9.17, 15) is 8.42 Å². The van der Waals surface area contributed by atoms with Crippen LogP contribution in [-0.4, -0.2) is 44.6 Å². The van der Waals surface area contributed by atoms with Gasteiger partial charge in [-0.05, 0) is 61.7 Å². The van der Waals surface area contributed by atoms with Crippen molar-refractivity contribution in [2.75, 3.05) is 32.6 Å². The van der Waals surface area contributed by atoms with Gasteiger partial charge in [-0.1, -0.05) is 6.07 Å². The lowest BCUT2D eigenvalue weighted by Gasteiger charge is -2.46. The molecule has 3 heterocycles. The van der Waals surface area contributed by atoms with Crippen LogP contribution in [0.3, 0.4) is 0 Å². The molecule has 0 radical (unpaired) electrons. The molecule has 3 aromatic rings. The van der Waals surface area contributed by atoms with Crippen molar-refractivity contribution in [3.63, 3.8) is 0 Å². The molecule has 0 amide bonds. The van der Waals surface area contributed by atoms with Crippen molar-refractivity contribution in [2.45, 2.75) is 30.2 Å². The maximum atomic E-state index is 13.5. The standard InChI is InChI=1S/C24H27N3O4S/c1-17-6-8-20-19(15-17)25-24(23-5-4-12-27(20)23)10-13-26(14-11-24)32(28,29)22-16-18(30-2)7-9-21(22)31-3/h4-9,12,15-16,25H,10-11,13-14H2,1-3H3. The molecule has 5 rings (SSSR count). The number of rotatable bonds is 4. The summed E-state index contributed by atoms with van der Waals surface area (Å²) < 4.78 is 41.4. The number of fused-ring (bicyclic) bond motifs is 4. The van der Waals surface area contributed by atoms with E-state index < -0.39 is 10.0 Å². The summed E-state index contributed by atoms with van der Waals surface area (Å²) in [5, 5.41) is 3.76. The zero-order valence-corrected chi connectivity index (χ0v) is 19.3.